The van der Waals surface area contributed by atoms with Crippen LogP contribution in [0.25, 0.3) is 10.9 Å². The van der Waals surface area contributed by atoms with Crippen LogP contribution in [0.2, 0.25) is 5.15 Å². The first-order chi connectivity index (χ1) is 7.69. The number of hydrogen-bond donors (Lipinski definition) is 0. The lowest BCUT2D eigenvalue weighted by Gasteiger charge is -2.04. The summed E-state index contributed by atoms with van der Waals surface area (Å²) >= 11 is 6.22. The minimum absolute atomic E-state index is 0.553. The molecule has 0 saturated carbocycles. The minimum atomic E-state index is 0.553. The molecule has 0 spiro atoms. The fourth-order valence-electron chi connectivity index (χ4n) is 2.01. The number of hydrogen-bond acceptors (Lipinski definition) is 1. The maximum Gasteiger partial charge on any atom is 0.153 e. The van der Waals surface area contributed by atoms with Crippen molar-refractivity contribution in [1.29, 1.82) is 0 Å². The summed E-state index contributed by atoms with van der Waals surface area (Å²) in [5.74, 6) is 0. The van der Waals surface area contributed by atoms with E-state index in [2.05, 4.69) is 13.0 Å². The molecule has 1 aromatic heterocycles. The van der Waals surface area contributed by atoms with E-state index in [1.165, 1.54) is 5.56 Å². The van der Waals surface area contributed by atoms with Crippen molar-refractivity contribution < 1.29 is 4.79 Å². The third-order valence-corrected chi connectivity index (χ3v) is 3.17. The lowest BCUT2D eigenvalue weighted by molar-refractivity contribution is 0.112. The highest BCUT2D eigenvalue weighted by molar-refractivity contribution is 6.34. The van der Waals surface area contributed by atoms with Crippen molar-refractivity contribution in [3.05, 3.63) is 34.5 Å². The molecule has 0 unspecified atom stereocenters. The summed E-state index contributed by atoms with van der Waals surface area (Å²) in [7, 11) is 0. The number of aldehydes is 1. The van der Waals surface area contributed by atoms with Gasteiger partial charge in [0.25, 0.3) is 0 Å². The van der Waals surface area contributed by atoms with Gasteiger partial charge in [-0.05, 0) is 25.0 Å². The SMILES string of the molecule is CCCn1c(Cl)c(C=O)c2ccc(C)cc21. The van der Waals surface area contributed by atoms with Crippen LogP contribution in [0.15, 0.2) is 18.2 Å². The van der Waals surface area contributed by atoms with Crippen LogP contribution in [0.4, 0.5) is 0 Å². The van der Waals surface area contributed by atoms with Crippen LogP contribution in [0.1, 0.15) is 29.3 Å². The molecular formula is C13H14ClNO. The van der Waals surface area contributed by atoms with Gasteiger partial charge in [0.1, 0.15) is 5.15 Å². The number of fused-ring (bicyclic) bond motifs is 1. The van der Waals surface area contributed by atoms with Crippen LogP contribution >= 0.6 is 11.6 Å². The Hall–Kier alpha value is -1.28. The Balaban J connectivity index is 2.80. The van der Waals surface area contributed by atoms with Crippen molar-refractivity contribution in [1.82, 2.24) is 4.57 Å². The fourth-order valence-corrected chi connectivity index (χ4v) is 2.33. The highest BCUT2D eigenvalue weighted by Crippen LogP contribution is 2.29. The molecule has 0 radical (unpaired) electrons. The molecule has 84 valence electrons. The summed E-state index contributed by atoms with van der Waals surface area (Å²) in [6, 6.07) is 6.04. The third kappa shape index (κ3) is 1.63. The predicted molar refractivity (Wildman–Crippen MR) is 67.4 cm³/mol. The quantitative estimate of drug-likeness (QED) is 0.742. The lowest BCUT2D eigenvalue weighted by Crippen LogP contribution is -1.96. The second-order valence-corrected chi connectivity index (χ2v) is 4.35. The first-order valence-corrected chi connectivity index (χ1v) is 5.80. The summed E-state index contributed by atoms with van der Waals surface area (Å²) in [5, 5.41) is 1.50. The Kier molecular flexibility index (Phi) is 3.01. The van der Waals surface area contributed by atoms with Gasteiger partial charge in [-0.1, -0.05) is 30.7 Å². The largest absolute Gasteiger partial charge is 0.331 e. The van der Waals surface area contributed by atoms with Gasteiger partial charge >= 0.3 is 0 Å². The van der Waals surface area contributed by atoms with Crippen molar-refractivity contribution in [2.75, 3.05) is 0 Å². The smallest absolute Gasteiger partial charge is 0.153 e. The van der Waals surface area contributed by atoms with Gasteiger partial charge in [0, 0.05) is 11.9 Å². The molecule has 0 amide bonds. The van der Waals surface area contributed by atoms with E-state index in [1.54, 1.807) is 0 Å². The van der Waals surface area contributed by atoms with Gasteiger partial charge in [0.2, 0.25) is 0 Å². The van der Waals surface area contributed by atoms with Gasteiger partial charge in [-0.25, -0.2) is 0 Å². The van der Waals surface area contributed by atoms with Crippen LogP contribution in [0.3, 0.4) is 0 Å². The molecule has 0 fully saturated rings. The Morgan fingerprint density at radius 1 is 1.44 bits per heavy atom. The molecular weight excluding hydrogens is 222 g/mol. The Morgan fingerprint density at radius 3 is 2.81 bits per heavy atom. The van der Waals surface area contributed by atoms with E-state index in [0.717, 1.165) is 30.2 Å². The van der Waals surface area contributed by atoms with E-state index in [1.807, 2.05) is 23.6 Å². The standard InChI is InChI=1S/C13H14ClNO/c1-3-6-15-12-7-9(2)4-5-10(12)11(8-16)13(15)14/h4-5,7-8H,3,6H2,1-2H3. The van der Waals surface area contributed by atoms with Gasteiger partial charge in [-0.15, -0.1) is 0 Å². The van der Waals surface area contributed by atoms with Crippen LogP contribution in [-0.2, 0) is 6.54 Å². The monoisotopic (exact) mass is 235 g/mol. The molecule has 0 aliphatic carbocycles. The summed E-state index contributed by atoms with van der Waals surface area (Å²) in [6.07, 6.45) is 1.84. The van der Waals surface area contributed by atoms with E-state index < -0.39 is 0 Å². The molecule has 3 heteroatoms. The average molecular weight is 236 g/mol. The third-order valence-electron chi connectivity index (χ3n) is 2.76. The molecule has 0 aliphatic rings. The molecule has 0 atom stereocenters. The second-order valence-electron chi connectivity index (χ2n) is 3.99. The van der Waals surface area contributed by atoms with E-state index in [0.29, 0.717) is 10.7 Å². The number of aryl methyl sites for hydroxylation is 2. The number of nitrogens with zero attached hydrogens (tertiary/aromatic N) is 1. The number of halogens is 1. The predicted octanol–water partition coefficient (Wildman–Crippen LogP) is 3.83. The van der Waals surface area contributed by atoms with Crippen molar-refractivity contribution in [2.45, 2.75) is 26.8 Å². The Bertz CT molecular complexity index is 542. The number of aromatic nitrogens is 1. The maximum absolute atomic E-state index is 11.0. The molecule has 1 heterocycles. The van der Waals surface area contributed by atoms with Gasteiger partial charge in [0.15, 0.2) is 6.29 Å². The summed E-state index contributed by atoms with van der Waals surface area (Å²) in [6.45, 7) is 4.97. The molecule has 0 saturated heterocycles. The number of carbonyl (C=O) groups excluding carboxylic acids is 1. The molecule has 0 aliphatic heterocycles. The Morgan fingerprint density at radius 2 is 2.19 bits per heavy atom. The van der Waals surface area contributed by atoms with Gasteiger partial charge in [0.05, 0.1) is 11.1 Å². The lowest BCUT2D eigenvalue weighted by atomic mass is 10.1. The molecule has 0 bridgehead atoms. The topological polar surface area (TPSA) is 22.0 Å². The zero-order chi connectivity index (χ0) is 11.7. The van der Waals surface area contributed by atoms with Crippen molar-refractivity contribution in [2.24, 2.45) is 0 Å². The molecule has 2 aromatic rings. The molecule has 16 heavy (non-hydrogen) atoms. The fraction of sp³-hybridized carbons (Fsp3) is 0.308. The van der Waals surface area contributed by atoms with Gasteiger partial charge in [-0.2, -0.15) is 0 Å². The summed E-state index contributed by atoms with van der Waals surface area (Å²) < 4.78 is 2.01. The first kappa shape index (κ1) is 11.2. The zero-order valence-electron chi connectivity index (χ0n) is 9.46. The van der Waals surface area contributed by atoms with Gasteiger partial charge in [-0.3, -0.25) is 4.79 Å². The zero-order valence-corrected chi connectivity index (χ0v) is 10.2. The molecule has 1 aromatic carbocycles. The number of carbonyl (C=O) groups is 1. The molecule has 2 rings (SSSR count). The van der Waals surface area contributed by atoms with Crippen molar-refractivity contribution in [3.63, 3.8) is 0 Å². The molecule has 0 N–H and O–H groups in total. The van der Waals surface area contributed by atoms with Crippen LogP contribution < -0.4 is 0 Å². The minimum Gasteiger partial charge on any atom is -0.331 e. The van der Waals surface area contributed by atoms with Crippen LogP contribution in [0, 0.1) is 6.92 Å². The highest BCUT2D eigenvalue weighted by atomic mass is 35.5. The summed E-state index contributed by atoms with van der Waals surface area (Å²) in [5.41, 5.74) is 2.83. The normalized spacial score (nSPS) is 10.9. The van der Waals surface area contributed by atoms with Gasteiger partial charge < -0.3 is 4.57 Å². The van der Waals surface area contributed by atoms with Crippen molar-refractivity contribution in [3.8, 4) is 0 Å². The average Bonchev–Trinajstić information content (AvgIpc) is 2.52. The van der Waals surface area contributed by atoms with Crippen LogP contribution in [-0.4, -0.2) is 10.9 Å². The highest BCUT2D eigenvalue weighted by Gasteiger charge is 2.14. The number of rotatable bonds is 3. The van der Waals surface area contributed by atoms with E-state index in [4.69, 9.17) is 11.6 Å². The Labute approximate surface area is 99.8 Å². The molecule has 2 nitrogen and oxygen atoms in total. The van der Waals surface area contributed by atoms with E-state index in [-0.39, 0.29) is 0 Å². The van der Waals surface area contributed by atoms with Crippen LogP contribution in [0.5, 0.6) is 0 Å². The van der Waals surface area contributed by atoms with E-state index in [9.17, 15) is 4.79 Å². The number of benzene rings is 1. The van der Waals surface area contributed by atoms with E-state index >= 15 is 0 Å². The summed E-state index contributed by atoms with van der Waals surface area (Å²) in [4.78, 5) is 11.0. The maximum atomic E-state index is 11.0. The second kappa shape index (κ2) is 4.30. The van der Waals surface area contributed by atoms with Crippen molar-refractivity contribution >= 4 is 28.8 Å². The first-order valence-electron chi connectivity index (χ1n) is 5.42.